The molecule has 35 heavy (non-hydrogen) atoms. The third-order valence-corrected chi connectivity index (χ3v) is 6.23. The molecule has 4 aromatic rings. The first-order chi connectivity index (χ1) is 17.0. The molecule has 182 valence electrons. The average Bonchev–Trinajstić information content (AvgIpc) is 3.20. The van der Waals surface area contributed by atoms with Gasteiger partial charge < -0.3 is 19.9 Å². The van der Waals surface area contributed by atoms with Gasteiger partial charge in [-0.3, -0.25) is 9.88 Å². The first kappa shape index (κ1) is 23.1. The predicted molar refractivity (Wildman–Crippen MR) is 133 cm³/mol. The molecule has 1 saturated heterocycles. The minimum Gasteiger partial charge on any atom is -0.492 e. The molecule has 0 spiro atoms. The minimum absolute atomic E-state index is 0.293. The molecule has 1 aliphatic rings. The van der Waals surface area contributed by atoms with Gasteiger partial charge in [0.1, 0.15) is 29.8 Å². The van der Waals surface area contributed by atoms with E-state index in [4.69, 9.17) is 10.5 Å². The molecule has 0 radical (unpaired) electrons. The van der Waals surface area contributed by atoms with Crippen LogP contribution in [0.2, 0.25) is 0 Å². The van der Waals surface area contributed by atoms with Crippen LogP contribution < -0.4 is 10.5 Å². The Labute approximate surface area is 203 Å². The van der Waals surface area contributed by atoms with Crippen molar-refractivity contribution in [1.29, 1.82) is 0 Å². The highest BCUT2D eigenvalue weighted by molar-refractivity contribution is 5.85. The summed E-state index contributed by atoms with van der Waals surface area (Å²) in [6, 6.07) is 9.37. The molecule has 1 aliphatic heterocycles. The Bertz CT molecular complexity index is 1320. The van der Waals surface area contributed by atoms with Crippen LogP contribution >= 0.6 is 0 Å². The number of hydrogen-bond donors (Lipinski definition) is 1. The summed E-state index contributed by atoms with van der Waals surface area (Å²) in [5.41, 5.74) is 8.78. The number of aryl methyl sites for hydroxylation is 1. The lowest BCUT2D eigenvalue weighted by Crippen LogP contribution is -2.45. The molecule has 3 aromatic heterocycles. The fraction of sp³-hybridized carbons (Fsp3) is 0.360. The van der Waals surface area contributed by atoms with Crippen LogP contribution in [0.4, 0.5) is 10.2 Å². The number of imidazole rings is 1. The van der Waals surface area contributed by atoms with E-state index in [1.807, 2.05) is 28.8 Å². The van der Waals surface area contributed by atoms with Crippen LogP contribution in [0, 0.1) is 12.7 Å². The Morgan fingerprint density at radius 2 is 1.80 bits per heavy atom. The van der Waals surface area contributed by atoms with E-state index in [0.29, 0.717) is 47.3 Å². The molecule has 9 nitrogen and oxygen atoms in total. The van der Waals surface area contributed by atoms with Crippen molar-refractivity contribution < 1.29 is 9.13 Å². The number of pyridine rings is 1. The molecule has 1 aromatic carbocycles. The quantitative estimate of drug-likeness (QED) is 0.435. The molecule has 10 heteroatoms. The van der Waals surface area contributed by atoms with Gasteiger partial charge in [-0.15, -0.1) is 0 Å². The minimum atomic E-state index is -0.436. The number of aromatic nitrogens is 5. The Morgan fingerprint density at radius 3 is 2.54 bits per heavy atom. The third kappa shape index (κ3) is 5.23. The van der Waals surface area contributed by atoms with Gasteiger partial charge in [0.25, 0.3) is 0 Å². The largest absolute Gasteiger partial charge is 0.492 e. The van der Waals surface area contributed by atoms with Crippen LogP contribution in [0.3, 0.4) is 0 Å². The van der Waals surface area contributed by atoms with Crippen molar-refractivity contribution in [3.05, 3.63) is 59.9 Å². The topological polar surface area (TPSA) is 98.2 Å². The van der Waals surface area contributed by atoms with Crippen molar-refractivity contribution in [2.24, 2.45) is 0 Å². The lowest BCUT2D eigenvalue weighted by Gasteiger charge is -2.32. The number of ether oxygens (including phenoxy) is 1. The van der Waals surface area contributed by atoms with Crippen molar-refractivity contribution in [3.63, 3.8) is 0 Å². The lowest BCUT2D eigenvalue weighted by molar-refractivity contribution is 0.133. The van der Waals surface area contributed by atoms with Gasteiger partial charge >= 0.3 is 0 Å². The van der Waals surface area contributed by atoms with Crippen LogP contribution in [0.5, 0.6) is 5.75 Å². The first-order valence-corrected chi connectivity index (χ1v) is 11.7. The highest BCUT2D eigenvalue weighted by Gasteiger charge is 2.18. The number of nitrogens with two attached hydrogens (primary N) is 1. The van der Waals surface area contributed by atoms with Crippen molar-refractivity contribution in [2.45, 2.75) is 13.5 Å². The van der Waals surface area contributed by atoms with Gasteiger partial charge in [0.2, 0.25) is 0 Å². The summed E-state index contributed by atoms with van der Waals surface area (Å²) in [5.74, 6) is 1.76. The Morgan fingerprint density at radius 1 is 1.03 bits per heavy atom. The van der Waals surface area contributed by atoms with Gasteiger partial charge in [-0.2, -0.15) is 0 Å². The molecule has 0 amide bonds. The second-order valence-corrected chi connectivity index (χ2v) is 8.88. The van der Waals surface area contributed by atoms with E-state index in [1.54, 1.807) is 13.1 Å². The van der Waals surface area contributed by atoms with E-state index < -0.39 is 5.82 Å². The van der Waals surface area contributed by atoms with Gasteiger partial charge in [-0.05, 0) is 37.7 Å². The molecule has 0 unspecified atom stereocenters. The summed E-state index contributed by atoms with van der Waals surface area (Å²) in [4.78, 5) is 22.2. The number of piperazine rings is 1. The maximum atomic E-state index is 13.9. The highest BCUT2D eigenvalue weighted by atomic mass is 19.1. The summed E-state index contributed by atoms with van der Waals surface area (Å²) in [7, 11) is 2.16. The van der Waals surface area contributed by atoms with Crippen LogP contribution in [-0.2, 0) is 6.54 Å². The number of hydrogen-bond acceptors (Lipinski definition) is 8. The highest BCUT2D eigenvalue weighted by Crippen LogP contribution is 2.27. The summed E-state index contributed by atoms with van der Waals surface area (Å²) >= 11 is 0. The zero-order valence-corrected chi connectivity index (χ0v) is 20.0. The number of nitrogens with zero attached hydrogens (tertiary/aromatic N) is 7. The van der Waals surface area contributed by atoms with E-state index >= 15 is 0 Å². The van der Waals surface area contributed by atoms with Gasteiger partial charge in [0.15, 0.2) is 17.0 Å². The number of benzene rings is 1. The number of anilines is 1. The second kappa shape index (κ2) is 9.93. The maximum absolute atomic E-state index is 13.9. The van der Waals surface area contributed by atoms with Gasteiger partial charge in [-0.25, -0.2) is 19.3 Å². The average molecular weight is 477 g/mol. The molecule has 1 fully saturated rings. The predicted octanol–water partition coefficient (Wildman–Crippen LogP) is 2.59. The molecule has 4 heterocycles. The monoisotopic (exact) mass is 476 g/mol. The number of fused-ring (bicyclic) bond motifs is 1. The Hall–Kier alpha value is -3.63. The maximum Gasteiger partial charge on any atom is 0.166 e. The van der Waals surface area contributed by atoms with E-state index in [0.717, 1.165) is 50.2 Å². The molecule has 5 rings (SSSR count). The van der Waals surface area contributed by atoms with Crippen molar-refractivity contribution in [2.75, 3.05) is 52.1 Å². The fourth-order valence-electron chi connectivity index (χ4n) is 4.28. The second-order valence-electron chi connectivity index (χ2n) is 8.88. The normalized spacial score (nSPS) is 15.1. The van der Waals surface area contributed by atoms with Crippen molar-refractivity contribution in [3.8, 4) is 17.1 Å². The number of halogens is 1. The lowest BCUT2D eigenvalue weighted by atomic mass is 10.2. The SMILES string of the molecule is Cc1nc(N)c2nc(-c3cncc(F)c3)n(Cc3ccc(OCCN4CCN(C)CC4)cc3)c2n1. The van der Waals surface area contributed by atoms with Crippen LogP contribution in [-0.4, -0.2) is 80.7 Å². The van der Waals surface area contributed by atoms with Gasteiger partial charge in [0, 0.05) is 44.5 Å². The van der Waals surface area contributed by atoms with Crippen molar-refractivity contribution in [1.82, 2.24) is 34.3 Å². The number of nitrogen functional groups attached to an aromatic ring is 1. The molecule has 2 N–H and O–H groups in total. The Kier molecular flexibility index (Phi) is 6.56. The Balaban J connectivity index is 1.34. The number of rotatable bonds is 7. The third-order valence-electron chi connectivity index (χ3n) is 6.23. The molecule has 0 atom stereocenters. The van der Waals surface area contributed by atoms with E-state index in [2.05, 4.69) is 36.8 Å². The van der Waals surface area contributed by atoms with Gasteiger partial charge in [-0.1, -0.05) is 12.1 Å². The summed E-state index contributed by atoms with van der Waals surface area (Å²) in [6.45, 7) is 8.18. The van der Waals surface area contributed by atoms with Crippen LogP contribution in [0.15, 0.2) is 42.7 Å². The summed E-state index contributed by atoms with van der Waals surface area (Å²) < 4.78 is 21.8. The summed E-state index contributed by atoms with van der Waals surface area (Å²) in [6.07, 6.45) is 2.74. The molecule has 0 bridgehead atoms. The zero-order valence-electron chi connectivity index (χ0n) is 20.0. The van der Waals surface area contributed by atoms with Crippen molar-refractivity contribution >= 4 is 17.0 Å². The smallest absolute Gasteiger partial charge is 0.166 e. The van der Waals surface area contributed by atoms with E-state index in [9.17, 15) is 4.39 Å². The van der Waals surface area contributed by atoms with Crippen LogP contribution in [0.25, 0.3) is 22.6 Å². The van der Waals surface area contributed by atoms with E-state index in [1.165, 1.54) is 6.07 Å². The molecule has 0 saturated carbocycles. The summed E-state index contributed by atoms with van der Waals surface area (Å²) in [5, 5.41) is 0. The standard InChI is InChI=1S/C25H29FN8O/c1-17-29-23(27)22-25(30-17)34(24(31-22)19-13-20(26)15-28-14-19)16-18-3-5-21(6-4-18)35-12-11-33-9-7-32(2)8-10-33/h3-6,13-15H,7-12,16H2,1-2H3,(H2,27,29,30). The fourth-order valence-corrected chi connectivity index (χ4v) is 4.28. The first-order valence-electron chi connectivity index (χ1n) is 11.7. The molecular formula is C25H29FN8O. The number of likely N-dealkylation sites (N-methyl/N-ethyl adjacent to an activating group) is 1. The molecular weight excluding hydrogens is 447 g/mol. The van der Waals surface area contributed by atoms with E-state index in [-0.39, 0.29) is 0 Å². The van der Waals surface area contributed by atoms with Crippen LogP contribution in [0.1, 0.15) is 11.4 Å². The zero-order chi connectivity index (χ0) is 24.4. The molecule has 0 aliphatic carbocycles. The van der Waals surface area contributed by atoms with Gasteiger partial charge in [0.05, 0.1) is 12.7 Å².